The molecule has 0 bridgehead atoms. The fourth-order valence-corrected chi connectivity index (χ4v) is 4.99. The van der Waals surface area contributed by atoms with Gasteiger partial charge in [0.15, 0.2) is 0 Å². The van der Waals surface area contributed by atoms with E-state index in [0.29, 0.717) is 31.0 Å². The predicted octanol–water partition coefficient (Wildman–Crippen LogP) is 4.83. The summed E-state index contributed by atoms with van der Waals surface area (Å²) in [6.45, 7) is 9.05. The zero-order valence-electron chi connectivity index (χ0n) is 21.3. The van der Waals surface area contributed by atoms with Crippen LogP contribution in [-0.2, 0) is 19.7 Å². The molecule has 188 valence electrons. The van der Waals surface area contributed by atoms with Crippen molar-refractivity contribution in [1.29, 1.82) is 0 Å². The normalized spacial score (nSPS) is 25.0. The van der Waals surface area contributed by atoms with Crippen LogP contribution in [0.1, 0.15) is 88.6 Å². The molecular weight excluding hydrogens is 432 g/mol. The molecule has 2 amide bonds. The molecule has 3 rings (SSSR count). The summed E-state index contributed by atoms with van der Waals surface area (Å²) in [5.41, 5.74) is 1.12. The van der Waals surface area contributed by atoms with E-state index in [2.05, 4.69) is 12.2 Å². The maximum absolute atomic E-state index is 12.8. The Kier molecular flexibility index (Phi) is 8.26. The monoisotopic (exact) mass is 472 g/mol. The predicted molar refractivity (Wildman–Crippen MR) is 131 cm³/mol. The SMILES string of the molecule is COC(=O)CCC1CCC(NC(=O)c2ccc(C3(C)CCN(C(=O)OC(C)(C)C)C3)cc2)CC1. The number of carbonyl (C=O) groups excluding carboxylic acids is 3. The van der Waals surface area contributed by atoms with Crippen LogP contribution in [0, 0.1) is 5.92 Å². The first-order valence-electron chi connectivity index (χ1n) is 12.5. The van der Waals surface area contributed by atoms with Crippen molar-refractivity contribution in [3.8, 4) is 0 Å². The summed E-state index contributed by atoms with van der Waals surface area (Å²) in [7, 11) is 1.42. The number of amides is 2. The second-order valence-corrected chi connectivity index (χ2v) is 11.1. The molecule has 2 aliphatic rings. The lowest BCUT2D eigenvalue weighted by Gasteiger charge is -2.29. The van der Waals surface area contributed by atoms with Crippen molar-refractivity contribution in [1.82, 2.24) is 10.2 Å². The van der Waals surface area contributed by atoms with Crippen LogP contribution in [0.3, 0.4) is 0 Å². The molecule has 0 aromatic heterocycles. The number of esters is 1. The maximum Gasteiger partial charge on any atom is 0.410 e. The van der Waals surface area contributed by atoms with Crippen LogP contribution in [0.15, 0.2) is 24.3 Å². The minimum atomic E-state index is -0.507. The Bertz CT molecular complexity index is 868. The highest BCUT2D eigenvalue weighted by Crippen LogP contribution is 2.35. The molecule has 0 radical (unpaired) electrons. The van der Waals surface area contributed by atoms with E-state index in [1.165, 1.54) is 7.11 Å². The van der Waals surface area contributed by atoms with Crippen LogP contribution in [0.25, 0.3) is 0 Å². The fraction of sp³-hybridized carbons (Fsp3) is 0.667. The van der Waals surface area contributed by atoms with E-state index in [4.69, 9.17) is 9.47 Å². The largest absolute Gasteiger partial charge is 0.469 e. The summed E-state index contributed by atoms with van der Waals surface area (Å²) >= 11 is 0. The van der Waals surface area contributed by atoms with Gasteiger partial charge in [-0.2, -0.15) is 0 Å². The number of methoxy groups -OCH3 is 1. The van der Waals surface area contributed by atoms with Gasteiger partial charge in [0, 0.05) is 36.5 Å². The molecule has 1 aliphatic carbocycles. The molecule has 7 heteroatoms. The lowest BCUT2D eigenvalue weighted by molar-refractivity contribution is -0.141. The van der Waals surface area contributed by atoms with Gasteiger partial charge in [0.05, 0.1) is 7.11 Å². The molecule has 1 atom stereocenters. The first kappa shape index (κ1) is 26.0. The zero-order chi connectivity index (χ0) is 24.9. The molecule has 1 aromatic carbocycles. The average molecular weight is 473 g/mol. The third-order valence-corrected chi connectivity index (χ3v) is 7.14. The van der Waals surface area contributed by atoms with Gasteiger partial charge in [-0.3, -0.25) is 9.59 Å². The van der Waals surface area contributed by atoms with E-state index in [1.54, 1.807) is 4.90 Å². The van der Waals surface area contributed by atoms with Gasteiger partial charge in [-0.1, -0.05) is 19.1 Å². The number of nitrogens with zero attached hydrogens (tertiary/aromatic N) is 1. The summed E-state index contributed by atoms with van der Waals surface area (Å²) in [6, 6.07) is 7.97. The van der Waals surface area contributed by atoms with Crippen molar-refractivity contribution in [2.75, 3.05) is 20.2 Å². The van der Waals surface area contributed by atoms with Crippen LogP contribution in [0.2, 0.25) is 0 Å². The summed E-state index contributed by atoms with van der Waals surface area (Å²) in [6.07, 6.45) is 5.84. The number of carbonyl (C=O) groups is 3. The first-order valence-corrected chi connectivity index (χ1v) is 12.5. The fourth-order valence-electron chi connectivity index (χ4n) is 4.99. The van der Waals surface area contributed by atoms with Gasteiger partial charge in [-0.15, -0.1) is 0 Å². The Morgan fingerprint density at radius 1 is 1.09 bits per heavy atom. The Labute approximate surface area is 203 Å². The molecule has 1 N–H and O–H groups in total. The molecule has 1 saturated heterocycles. The molecule has 0 spiro atoms. The van der Waals surface area contributed by atoms with Crippen LogP contribution < -0.4 is 5.32 Å². The van der Waals surface area contributed by atoms with Gasteiger partial charge in [-0.05, 0) is 82.9 Å². The van der Waals surface area contributed by atoms with Crippen molar-refractivity contribution in [2.45, 2.75) is 89.7 Å². The summed E-state index contributed by atoms with van der Waals surface area (Å²) < 4.78 is 10.2. The first-order chi connectivity index (χ1) is 16.0. The second-order valence-electron chi connectivity index (χ2n) is 11.1. The molecule has 1 aromatic rings. The molecular formula is C27H40N2O5. The van der Waals surface area contributed by atoms with Crippen molar-refractivity contribution in [3.63, 3.8) is 0 Å². The van der Waals surface area contributed by atoms with Crippen LogP contribution in [0.5, 0.6) is 0 Å². The quantitative estimate of drug-likeness (QED) is 0.600. The number of likely N-dealkylation sites (tertiary alicyclic amines) is 1. The van der Waals surface area contributed by atoms with Gasteiger partial charge >= 0.3 is 12.1 Å². The van der Waals surface area contributed by atoms with Gasteiger partial charge in [-0.25, -0.2) is 4.79 Å². The summed E-state index contributed by atoms with van der Waals surface area (Å²) in [5, 5.41) is 3.17. The molecule has 34 heavy (non-hydrogen) atoms. The smallest absolute Gasteiger partial charge is 0.410 e. The topological polar surface area (TPSA) is 84.9 Å². The van der Waals surface area contributed by atoms with E-state index >= 15 is 0 Å². The average Bonchev–Trinajstić information content (AvgIpc) is 3.21. The van der Waals surface area contributed by atoms with Crippen molar-refractivity contribution in [2.24, 2.45) is 5.92 Å². The molecule has 7 nitrogen and oxygen atoms in total. The van der Waals surface area contributed by atoms with E-state index in [0.717, 1.165) is 44.1 Å². The van der Waals surface area contributed by atoms with E-state index < -0.39 is 5.60 Å². The van der Waals surface area contributed by atoms with Gasteiger partial charge < -0.3 is 19.7 Å². The Hall–Kier alpha value is -2.57. The van der Waals surface area contributed by atoms with Gasteiger partial charge in [0.1, 0.15) is 5.60 Å². The number of rotatable bonds is 6. The maximum atomic E-state index is 12.8. The second kappa shape index (κ2) is 10.8. The van der Waals surface area contributed by atoms with E-state index in [1.807, 2.05) is 45.0 Å². The highest BCUT2D eigenvalue weighted by Gasteiger charge is 2.39. The van der Waals surface area contributed by atoms with E-state index in [9.17, 15) is 14.4 Å². The zero-order valence-corrected chi connectivity index (χ0v) is 21.3. The summed E-state index contributed by atoms with van der Waals surface area (Å²) in [5.74, 6) is 0.332. The lowest BCUT2D eigenvalue weighted by atomic mass is 9.81. The Morgan fingerprint density at radius 2 is 1.74 bits per heavy atom. The number of ether oxygens (including phenoxy) is 2. The molecule has 1 unspecified atom stereocenters. The van der Waals surface area contributed by atoms with Crippen molar-refractivity contribution < 1.29 is 23.9 Å². The van der Waals surface area contributed by atoms with E-state index in [-0.39, 0.29) is 29.4 Å². The summed E-state index contributed by atoms with van der Waals surface area (Å²) in [4.78, 5) is 38.4. The van der Waals surface area contributed by atoms with Crippen LogP contribution in [0.4, 0.5) is 4.79 Å². The lowest BCUT2D eigenvalue weighted by Crippen LogP contribution is -2.38. The standard InChI is InChI=1S/C27H40N2O5/c1-26(2,3)34-25(32)29-17-16-27(4,18-29)21-11-9-20(10-12-21)24(31)28-22-13-6-19(7-14-22)8-15-23(30)33-5/h9-12,19,22H,6-8,13-18H2,1-5H3,(H,28,31). The highest BCUT2D eigenvalue weighted by atomic mass is 16.6. The highest BCUT2D eigenvalue weighted by molar-refractivity contribution is 5.94. The Balaban J connectivity index is 1.49. The van der Waals surface area contributed by atoms with Crippen LogP contribution >= 0.6 is 0 Å². The number of benzene rings is 1. The minimum absolute atomic E-state index is 0.0449. The van der Waals surface area contributed by atoms with Gasteiger partial charge in [0.2, 0.25) is 0 Å². The van der Waals surface area contributed by atoms with Crippen molar-refractivity contribution >= 4 is 18.0 Å². The Morgan fingerprint density at radius 3 is 2.32 bits per heavy atom. The molecule has 1 saturated carbocycles. The third kappa shape index (κ3) is 6.97. The number of nitrogens with one attached hydrogen (secondary N) is 1. The molecule has 1 heterocycles. The third-order valence-electron chi connectivity index (χ3n) is 7.14. The van der Waals surface area contributed by atoms with Crippen molar-refractivity contribution in [3.05, 3.63) is 35.4 Å². The van der Waals surface area contributed by atoms with Gasteiger partial charge in [0.25, 0.3) is 5.91 Å². The molecule has 1 aliphatic heterocycles. The minimum Gasteiger partial charge on any atom is -0.469 e. The van der Waals surface area contributed by atoms with Crippen LogP contribution in [-0.4, -0.2) is 54.7 Å². The number of hydrogen-bond acceptors (Lipinski definition) is 5. The molecule has 2 fully saturated rings. The number of hydrogen-bond donors (Lipinski definition) is 1.